The van der Waals surface area contributed by atoms with Gasteiger partial charge in [0, 0.05) is 22.8 Å². The van der Waals surface area contributed by atoms with Crippen molar-refractivity contribution < 1.29 is 17.6 Å². The third-order valence-electron chi connectivity index (χ3n) is 5.46. The summed E-state index contributed by atoms with van der Waals surface area (Å²) in [6.45, 7) is 1.70. The lowest BCUT2D eigenvalue weighted by molar-refractivity contribution is 0.0935. The highest BCUT2D eigenvalue weighted by Gasteiger charge is 2.27. The monoisotopic (exact) mass is 475 g/mol. The highest BCUT2D eigenvalue weighted by Crippen LogP contribution is 2.30. The molecule has 1 saturated heterocycles. The summed E-state index contributed by atoms with van der Waals surface area (Å²) in [6, 6.07) is 12.8. The molecular formula is C23H23ClFN3O3S. The number of halogens is 2. The first-order valence-corrected chi connectivity index (χ1v) is 12.2. The summed E-state index contributed by atoms with van der Waals surface area (Å²) in [4.78, 5) is 13.2. The molecule has 1 amide bonds. The Hall–Kier alpha value is -2.68. The topological polar surface area (TPSA) is 80.2 Å². The first-order valence-electron chi connectivity index (χ1n) is 10.4. The molecular weight excluding hydrogens is 453 g/mol. The minimum Gasteiger partial charge on any atom is -0.349 e. The molecule has 0 spiro atoms. The third-order valence-corrected chi connectivity index (χ3v) is 7.37. The van der Waals surface area contributed by atoms with Crippen molar-refractivity contribution >= 4 is 27.5 Å². The molecule has 32 heavy (non-hydrogen) atoms. The predicted molar refractivity (Wildman–Crippen MR) is 122 cm³/mol. The van der Waals surface area contributed by atoms with E-state index in [1.807, 2.05) is 0 Å². The highest BCUT2D eigenvalue weighted by molar-refractivity contribution is 7.90. The largest absolute Gasteiger partial charge is 0.349 e. The van der Waals surface area contributed by atoms with Gasteiger partial charge in [0.2, 0.25) is 0 Å². The van der Waals surface area contributed by atoms with Crippen molar-refractivity contribution in [1.29, 1.82) is 0 Å². The van der Waals surface area contributed by atoms with Gasteiger partial charge in [-0.25, -0.2) is 16.8 Å². The Labute approximate surface area is 191 Å². The SMILES string of the molecule is O=C(NC1CCCNCC1)c1ccn(S(=O)(=O)c2cccc(Cl)c2)c1-c1cccc(F)c1. The highest BCUT2D eigenvalue weighted by atomic mass is 35.5. The van der Waals surface area contributed by atoms with Gasteiger partial charge in [-0.2, -0.15) is 0 Å². The van der Waals surface area contributed by atoms with E-state index in [1.165, 1.54) is 48.7 Å². The van der Waals surface area contributed by atoms with E-state index in [9.17, 15) is 17.6 Å². The number of rotatable bonds is 5. The Morgan fingerprint density at radius 2 is 1.91 bits per heavy atom. The first kappa shape index (κ1) is 22.5. The van der Waals surface area contributed by atoms with Crippen molar-refractivity contribution in [3.63, 3.8) is 0 Å². The van der Waals surface area contributed by atoms with E-state index in [4.69, 9.17) is 11.6 Å². The Kier molecular flexibility index (Phi) is 6.64. The quantitative estimate of drug-likeness (QED) is 0.583. The van der Waals surface area contributed by atoms with Crippen LogP contribution in [0.4, 0.5) is 4.39 Å². The Balaban J connectivity index is 1.80. The zero-order valence-corrected chi connectivity index (χ0v) is 18.8. The van der Waals surface area contributed by atoms with Crippen LogP contribution >= 0.6 is 11.6 Å². The molecule has 1 aliphatic heterocycles. The second-order valence-electron chi connectivity index (χ2n) is 7.70. The van der Waals surface area contributed by atoms with Crippen molar-refractivity contribution in [2.24, 2.45) is 0 Å². The van der Waals surface area contributed by atoms with Crippen molar-refractivity contribution in [2.45, 2.75) is 30.2 Å². The fourth-order valence-corrected chi connectivity index (χ4v) is 5.56. The molecule has 2 aromatic carbocycles. The van der Waals surface area contributed by atoms with Crippen LogP contribution in [0.3, 0.4) is 0 Å². The minimum absolute atomic E-state index is 0.0225. The second-order valence-corrected chi connectivity index (χ2v) is 9.95. The third kappa shape index (κ3) is 4.72. The van der Waals surface area contributed by atoms with Gasteiger partial charge in [-0.3, -0.25) is 4.79 Å². The maximum atomic E-state index is 14.0. The van der Waals surface area contributed by atoms with Gasteiger partial charge < -0.3 is 10.6 Å². The van der Waals surface area contributed by atoms with Gasteiger partial charge in [0.05, 0.1) is 16.2 Å². The molecule has 0 aliphatic carbocycles. The average molecular weight is 476 g/mol. The maximum absolute atomic E-state index is 14.0. The number of benzene rings is 2. The summed E-state index contributed by atoms with van der Waals surface area (Å²) in [6.07, 6.45) is 3.87. The summed E-state index contributed by atoms with van der Waals surface area (Å²) >= 11 is 6.00. The van der Waals surface area contributed by atoms with Crippen LogP contribution in [0.5, 0.6) is 0 Å². The molecule has 0 radical (unpaired) electrons. The van der Waals surface area contributed by atoms with Crippen molar-refractivity contribution in [2.75, 3.05) is 13.1 Å². The molecule has 2 heterocycles. The van der Waals surface area contributed by atoms with E-state index in [0.717, 1.165) is 36.3 Å². The maximum Gasteiger partial charge on any atom is 0.268 e. The zero-order chi connectivity index (χ0) is 22.7. The molecule has 6 nitrogen and oxygen atoms in total. The predicted octanol–water partition coefficient (Wildman–Crippen LogP) is 4.06. The number of carbonyl (C=O) groups excluding carboxylic acids is 1. The number of amides is 1. The van der Waals surface area contributed by atoms with Crippen LogP contribution in [0.1, 0.15) is 29.6 Å². The van der Waals surface area contributed by atoms with Crippen molar-refractivity contribution in [3.05, 3.63) is 77.2 Å². The molecule has 1 aliphatic rings. The van der Waals surface area contributed by atoms with Crippen molar-refractivity contribution in [3.8, 4) is 11.3 Å². The molecule has 0 bridgehead atoms. The molecule has 1 unspecified atom stereocenters. The number of nitrogens with zero attached hydrogens (tertiary/aromatic N) is 1. The van der Waals surface area contributed by atoms with Crippen LogP contribution in [0.25, 0.3) is 11.3 Å². The van der Waals surface area contributed by atoms with Crippen molar-refractivity contribution in [1.82, 2.24) is 14.6 Å². The Bertz CT molecular complexity index is 1230. The second kappa shape index (κ2) is 9.44. The number of nitrogens with one attached hydrogen (secondary N) is 2. The van der Waals surface area contributed by atoms with Crippen LogP contribution in [-0.4, -0.2) is 37.4 Å². The van der Waals surface area contributed by atoms with E-state index in [-0.39, 0.29) is 32.8 Å². The molecule has 1 aromatic heterocycles. The molecule has 2 N–H and O–H groups in total. The lowest BCUT2D eigenvalue weighted by atomic mass is 10.1. The van der Waals surface area contributed by atoms with Gasteiger partial charge in [-0.1, -0.05) is 29.8 Å². The van der Waals surface area contributed by atoms with Gasteiger partial charge in [-0.05, 0) is 68.8 Å². The van der Waals surface area contributed by atoms with E-state index in [2.05, 4.69) is 10.6 Å². The molecule has 168 valence electrons. The molecule has 0 saturated carbocycles. The van der Waals surface area contributed by atoms with E-state index < -0.39 is 21.7 Å². The Morgan fingerprint density at radius 3 is 2.69 bits per heavy atom. The van der Waals surface area contributed by atoms with Crippen LogP contribution in [0.15, 0.2) is 65.7 Å². The summed E-state index contributed by atoms with van der Waals surface area (Å²) in [5.74, 6) is -0.923. The van der Waals surface area contributed by atoms with Crippen LogP contribution < -0.4 is 10.6 Å². The molecule has 9 heteroatoms. The lowest BCUT2D eigenvalue weighted by Crippen LogP contribution is -2.35. The zero-order valence-electron chi connectivity index (χ0n) is 17.2. The summed E-state index contributed by atoms with van der Waals surface area (Å²) < 4.78 is 41.9. The van der Waals surface area contributed by atoms with Crippen LogP contribution in [0, 0.1) is 5.82 Å². The number of aromatic nitrogens is 1. The van der Waals surface area contributed by atoms with E-state index >= 15 is 0 Å². The van der Waals surface area contributed by atoms with E-state index in [0.29, 0.717) is 0 Å². The molecule has 1 fully saturated rings. The van der Waals surface area contributed by atoms with Crippen LogP contribution in [0.2, 0.25) is 5.02 Å². The Morgan fingerprint density at radius 1 is 1.09 bits per heavy atom. The van der Waals surface area contributed by atoms with Crippen LogP contribution in [-0.2, 0) is 10.0 Å². The van der Waals surface area contributed by atoms with Gasteiger partial charge in [0.1, 0.15) is 5.82 Å². The smallest absolute Gasteiger partial charge is 0.268 e. The summed E-state index contributed by atoms with van der Waals surface area (Å²) in [7, 11) is -4.08. The molecule has 4 rings (SSSR count). The summed E-state index contributed by atoms with van der Waals surface area (Å²) in [5.41, 5.74) is 0.556. The average Bonchev–Trinajstić information content (AvgIpc) is 3.07. The number of hydrogen-bond acceptors (Lipinski definition) is 4. The number of hydrogen-bond donors (Lipinski definition) is 2. The number of carbonyl (C=O) groups is 1. The minimum atomic E-state index is -4.08. The lowest BCUT2D eigenvalue weighted by Gasteiger charge is -2.17. The standard InChI is InChI=1S/C23H23ClFN3O3S/c24-17-5-2-8-20(15-17)32(30,31)28-13-10-21(22(28)16-4-1-6-18(25)14-16)23(29)27-19-7-3-11-26-12-9-19/h1-2,4-6,8,10,13-15,19,26H,3,7,9,11-12H2,(H,27,29). The van der Waals surface area contributed by atoms with E-state index in [1.54, 1.807) is 12.1 Å². The normalized spacial score (nSPS) is 17.0. The molecule has 1 atom stereocenters. The van der Waals surface area contributed by atoms with Gasteiger partial charge >= 0.3 is 0 Å². The fraction of sp³-hybridized carbons (Fsp3) is 0.261. The van der Waals surface area contributed by atoms with Gasteiger partial charge in [0.25, 0.3) is 15.9 Å². The molecule has 3 aromatic rings. The first-order chi connectivity index (χ1) is 15.4. The van der Waals surface area contributed by atoms with Gasteiger partial charge in [-0.15, -0.1) is 0 Å². The van der Waals surface area contributed by atoms with Gasteiger partial charge in [0.15, 0.2) is 0 Å². The fourth-order valence-electron chi connectivity index (χ4n) is 3.88. The summed E-state index contributed by atoms with van der Waals surface area (Å²) in [5, 5.41) is 6.57.